The summed E-state index contributed by atoms with van der Waals surface area (Å²) in [5, 5.41) is 0. The number of rotatable bonds is 21. The SMILES string of the molecule is CC(C)CCC[C@@H](C)[C@H]1CC[C@H]2[C@@H]3CC=C4C[C@@H](OC(=O)CCCC(=O)N(CCCCCCCC(C)N)CCC(C)N)CC[C@]4(C)[C@H]3CC[C@]12C. The van der Waals surface area contributed by atoms with Gasteiger partial charge in [0.05, 0.1) is 0 Å². The van der Waals surface area contributed by atoms with Crippen molar-refractivity contribution in [1.82, 2.24) is 4.90 Å². The summed E-state index contributed by atoms with van der Waals surface area (Å²) in [4.78, 5) is 28.2. The standard InChI is InChI=1S/C45H81N3O3/c1-32(2)15-13-16-33(3)39-22-23-40-38-21-20-36-31-37(24-27-44(36,6)41(38)25-28-45(39,40)7)51-43(50)19-14-18-42(49)48(30-26-35(5)47)29-12-10-8-9-11-17-34(4)46/h20,32-35,37-41H,8-19,21-31,46-47H2,1-7H3/t33-,34?,35?,37+,38+,39-,40+,41+,44+,45-/m1/s1. The third-order valence-electron chi connectivity index (χ3n) is 14.6. The van der Waals surface area contributed by atoms with Crippen molar-refractivity contribution in [3.63, 3.8) is 0 Å². The molecule has 0 saturated heterocycles. The van der Waals surface area contributed by atoms with Crippen molar-refractivity contribution in [2.24, 2.45) is 57.8 Å². The maximum atomic E-state index is 13.2. The Morgan fingerprint density at radius 2 is 1.51 bits per heavy atom. The molecule has 2 unspecified atom stereocenters. The lowest BCUT2D eigenvalue weighted by molar-refractivity contribution is -0.151. The molecule has 0 bridgehead atoms. The minimum Gasteiger partial charge on any atom is -0.462 e. The summed E-state index contributed by atoms with van der Waals surface area (Å²) < 4.78 is 6.11. The van der Waals surface area contributed by atoms with Gasteiger partial charge in [-0.05, 0) is 131 Å². The van der Waals surface area contributed by atoms with Gasteiger partial charge in [-0.15, -0.1) is 0 Å². The second-order valence-electron chi connectivity index (χ2n) is 19.2. The topological polar surface area (TPSA) is 98.7 Å². The van der Waals surface area contributed by atoms with E-state index in [4.69, 9.17) is 16.2 Å². The lowest BCUT2D eigenvalue weighted by Gasteiger charge is -2.58. The van der Waals surface area contributed by atoms with Crippen LogP contribution in [-0.4, -0.2) is 48.1 Å². The molecular formula is C45H81N3O3. The first-order chi connectivity index (χ1) is 24.2. The Morgan fingerprint density at radius 1 is 0.784 bits per heavy atom. The lowest BCUT2D eigenvalue weighted by atomic mass is 9.47. The molecule has 0 aromatic carbocycles. The molecule has 51 heavy (non-hydrogen) atoms. The number of ether oxygens (including phenoxy) is 1. The van der Waals surface area contributed by atoms with Crippen LogP contribution in [0.3, 0.4) is 0 Å². The minimum atomic E-state index is -0.132. The molecule has 6 heteroatoms. The van der Waals surface area contributed by atoms with Crippen LogP contribution >= 0.6 is 0 Å². The van der Waals surface area contributed by atoms with Crippen LogP contribution < -0.4 is 11.5 Å². The van der Waals surface area contributed by atoms with Crippen LogP contribution in [0, 0.1) is 46.3 Å². The van der Waals surface area contributed by atoms with Gasteiger partial charge in [0.2, 0.25) is 5.91 Å². The highest BCUT2D eigenvalue weighted by atomic mass is 16.5. The number of carbonyl (C=O) groups is 2. The predicted octanol–water partition coefficient (Wildman–Crippen LogP) is 10.4. The third kappa shape index (κ3) is 11.5. The van der Waals surface area contributed by atoms with Crippen molar-refractivity contribution in [3.8, 4) is 0 Å². The molecule has 0 aromatic heterocycles. The van der Waals surface area contributed by atoms with E-state index in [2.05, 4.69) is 47.6 Å². The Labute approximate surface area is 314 Å². The molecule has 0 heterocycles. The zero-order chi connectivity index (χ0) is 37.2. The molecular weight excluding hydrogens is 631 g/mol. The Balaban J connectivity index is 1.22. The van der Waals surface area contributed by atoms with E-state index in [1.54, 1.807) is 5.57 Å². The molecule has 0 aliphatic heterocycles. The molecule has 4 aliphatic rings. The summed E-state index contributed by atoms with van der Waals surface area (Å²) in [6.45, 7) is 18.1. The monoisotopic (exact) mass is 712 g/mol. The van der Waals surface area contributed by atoms with Crippen LogP contribution in [0.4, 0.5) is 0 Å². The fourth-order valence-electron chi connectivity index (χ4n) is 11.6. The molecule has 10 atom stereocenters. The Morgan fingerprint density at radius 3 is 2.24 bits per heavy atom. The first kappa shape index (κ1) is 42.3. The number of allylic oxidation sites excluding steroid dienone is 1. The van der Waals surface area contributed by atoms with E-state index in [0.717, 1.165) is 87.0 Å². The summed E-state index contributed by atoms with van der Waals surface area (Å²) >= 11 is 0. The smallest absolute Gasteiger partial charge is 0.306 e. The molecule has 294 valence electrons. The molecule has 4 rings (SSSR count). The largest absolute Gasteiger partial charge is 0.462 e. The summed E-state index contributed by atoms with van der Waals surface area (Å²) in [6.07, 6.45) is 25.5. The van der Waals surface area contributed by atoms with Crippen LogP contribution in [0.15, 0.2) is 11.6 Å². The van der Waals surface area contributed by atoms with Crippen molar-refractivity contribution in [2.75, 3.05) is 13.1 Å². The molecule has 0 spiro atoms. The predicted molar refractivity (Wildman–Crippen MR) is 213 cm³/mol. The van der Waals surface area contributed by atoms with Gasteiger partial charge in [-0.1, -0.05) is 91.2 Å². The van der Waals surface area contributed by atoms with E-state index >= 15 is 0 Å². The first-order valence-corrected chi connectivity index (χ1v) is 21.9. The van der Waals surface area contributed by atoms with Crippen molar-refractivity contribution in [2.45, 2.75) is 201 Å². The number of unbranched alkanes of at least 4 members (excludes halogenated alkanes) is 4. The van der Waals surface area contributed by atoms with Gasteiger partial charge >= 0.3 is 5.97 Å². The van der Waals surface area contributed by atoms with Crippen LogP contribution in [-0.2, 0) is 14.3 Å². The zero-order valence-corrected chi connectivity index (χ0v) is 34.4. The van der Waals surface area contributed by atoms with Crippen LogP contribution in [0.25, 0.3) is 0 Å². The first-order valence-electron chi connectivity index (χ1n) is 21.9. The van der Waals surface area contributed by atoms with Gasteiger partial charge in [0, 0.05) is 44.4 Å². The van der Waals surface area contributed by atoms with Gasteiger partial charge in [0.1, 0.15) is 6.10 Å². The van der Waals surface area contributed by atoms with Gasteiger partial charge < -0.3 is 21.1 Å². The highest BCUT2D eigenvalue weighted by molar-refractivity contribution is 5.77. The molecule has 0 radical (unpaired) electrons. The second kappa shape index (κ2) is 19.8. The number of esters is 1. The summed E-state index contributed by atoms with van der Waals surface area (Å²) in [6, 6.07) is 0.351. The molecule has 0 aromatic rings. The summed E-state index contributed by atoms with van der Waals surface area (Å²) in [7, 11) is 0. The van der Waals surface area contributed by atoms with Crippen LogP contribution in [0.1, 0.15) is 183 Å². The van der Waals surface area contributed by atoms with Crippen LogP contribution in [0.2, 0.25) is 0 Å². The van der Waals surface area contributed by atoms with Crippen LogP contribution in [0.5, 0.6) is 0 Å². The second-order valence-corrected chi connectivity index (χ2v) is 19.2. The number of nitrogens with two attached hydrogens (primary N) is 2. The average Bonchev–Trinajstić information content (AvgIpc) is 3.42. The normalized spacial score (nSPS) is 32.0. The van der Waals surface area contributed by atoms with Gasteiger partial charge in [-0.3, -0.25) is 9.59 Å². The highest BCUT2D eigenvalue weighted by Gasteiger charge is 2.59. The molecule has 4 aliphatic carbocycles. The third-order valence-corrected chi connectivity index (χ3v) is 14.6. The van der Waals surface area contributed by atoms with Gasteiger partial charge in [-0.25, -0.2) is 0 Å². The van der Waals surface area contributed by atoms with Crippen molar-refractivity contribution >= 4 is 11.9 Å². The van der Waals surface area contributed by atoms with Gasteiger partial charge in [0.15, 0.2) is 0 Å². The van der Waals surface area contributed by atoms with Gasteiger partial charge in [0.25, 0.3) is 0 Å². The van der Waals surface area contributed by atoms with Crippen molar-refractivity contribution < 1.29 is 14.3 Å². The van der Waals surface area contributed by atoms with E-state index < -0.39 is 0 Å². The lowest BCUT2D eigenvalue weighted by Crippen LogP contribution is -2.51. The molecule has 6 nitrogen and oxygen atoms in total. The minimum absolute atomic E-state index is 0.0175. The number of hydrogen-bond acceptors (Lipinski definition) is 5. The Kier molecular flexibility index (Phi) is 16.4. The number of fused-ring (bicyclic) bond motifs is 5. The van der Waals surface area contributed by atoms with Crippen molar-refractivity contribution in [1.29, 1.82) is 0 Å². The van der Waals surface area contributed by atoms with E-state index in [1.165, 1.54) is 70.6 Å². The van der Waals surface area contributed by atoms with Crippen molar-refractivity contribution in [3.05, 3.63) is 11.6 Å². The fraction of sp³-hybridized carbons (Fsp3) is 0.911. The summed E-state index contributed by atoms with van der Waals surface area (Å²) in [5.74, 6) is 5.03. The molecule has 3 saturated carbocycles. The average molecular weight is 712 g/mol. The number of carbonyl (C=O) groups excluding carboxylic acids is 2. The molecule has 3 fully saturated rings. The van der Waals surface area contributed by atoms with E-state index in [0.29, 0.717) is 31.2 Å². The maximum absolute atomic E-state index is 13.2. The van der Waals surface area contributed by atoms with Gasteiger partial charge in [-0.2, -0.15) is 0 Å². The Bertz CT molecular complexity index is 1120. The zero-order valence-electron chi connectivity index (χ0n) is 34.4. The van der Waals surface area contributed by atoms with E-state index in [9.17, 15) is 9.59 Å². The number of amides is 1. The number of hydrogen-bond donors (Lipinski definition) is 2. The van der Waals surface area contributed by atoms with E-state index in [1.807, 2.05) is 11.8 Å². The number of nitrogens with zero attached hydrogens (tertiary/aromatic N) is 1. The molecule has 1 amide bonds. The molecule has 4 N–H and O–H groups in total. The Hall–Kier alpha value is -1.40. The van der Waals surface area contributed by atoms with E-state index in [-0.39, 0.29) is 35.5 Å². The highest BCUT2D eigenvalue weighted by Crippen LogP contribution is 2.67. The fourth-order valence-corrected chi connectivity index (χ4v) is 11.6. The quantitative estimate of drug-likeness (QED) is 0.0702. The maximum Gasteiger partial charge on any atom is 0.306 e. The summed E-state index contributed by atoms with van der Waals surface area (Å²) in [5.41, 5.74) is 14.2.